The molecular weight excluding hydrogens is 226 g/mol. The number of anilines is 1. The van der Waals surface area contributed by atoms with E-state index in [-0.39, 0.29) is 0 Å². The fraction of sp³-hybridized carbons (Fsp3) is 0.333. The molecule has 2 aromatic heterocycles. The molecular formula is C9H11N5OS. The molecule has 1 N–H and O–H groups in total. The Balaban J connectivity index is 2.78. The molecule has 16 heavy (non-hydrogen) atoms. The molecule has 0 aliphatic rings. The van der Waals surface area contributed by atoms with E-state index in [4.69, 9.17) is 17.0 Å². The van der Waals surface area contributed by atoms with Crippen molar-refractivity contribution in [1.82, 2.24) is 19.9 Å². The number of methoxy groups -OCH3 is 1. The van der Waals surface area contributed by atoms with Crippen LogP contribution >= 0.6 is 12.2 Å². The molecule has 0 spiro atoms. The maximum absolute atomic E-state index is 5.16. The lowest BCUT2D eigenvalue weighted by atomic mass is 10.5. The van der Waals surface area contributed by atoms with E-state index in [1.165, 1.54) is 0 Å². The van der Waals surface area contributed by atoms with Crippen LogP contribution in [0, 0.1) is 4.64 Å². The average Bonchev–Trinajstić information content (AvgIpc) is 2.26. The van der Waals surface area contributed by atoms with Crippen LogP contribution in [0.4, 0.5) is 5.95 Å². The summed E-state index contributed by atoms with van der Waals surface area (Å²) >= 11 is 5.00. The second-order valence-electron chi connectivity index (χ2n) is 3.37. The van der Waals surface area contributed by atoms with Crippen molar-refractivity contribution in [3.8, 4) is 5.88 Å². The number of nitrogens with one attached hydrogen (secondary N) is 1. The summed E-state index contributed by atoms with van der Waals surface area (Å²) in [5, 5.41) is 0. The quantitative estimate of drug-likeness (QED) is 0.790. The molecule has 0 unspecified atom stereocenters. The third-order valence-electron chi connectivity index (χ3n) is 1.99. The zero-order chi connectivity index (χ0) is 11.7. The molecule has 0 aliphatic carbocycles. The molecule has 7 heteroatoms. The van der Waals surface area contributed by atoms with Gasteiger partial charge in [0.05, 0.1) is 13.3 Å². The van der Waals surface area contributed by atoms with Crippen LogP contribution in [0.2, 0.25) is 0 Å². The van der Waals surface area contributed by atoms with E-state index in [0.29, 0.717) is 27.6 Å². The van der Waals surface area contributed by atoms with Gasteiger partial charge in [-0.05, 0) is 0 Å². The Labute approximate surface area is 97.3 Å². The van der Waals surface area contributed by atoms with Gasteiger partial charge in [0.2, 0.25) is 11.8 Å². The molecule has 2 aromatic rings. The fourth-order valence-electron chi connectivity index (χ4n) is 1.24. The number of rotatable bonds is 2. The van der Waals surface area contributed by atoms with Crippen molar-refractivity contribution >= 4 is 29.3 Å². The molecule has 0 atom stereocenters. The SMILES string of the molecule is COc1nc(N(C)C)nc2[nH]c(=S)cnc12. The maximum Gasteiger partial charge on any atom is 0.246 e. The third-order valence-corrected chi connectivity index (χ3v) is 2.19. The predicted octanol–water partition coefficient (Wildman–Crippen LogP) is 1.16. The van der Waals surface area contributed by atoms with E-state index in [1.807, 2.05) is 14.1 Å². The normalized spacial score (nSPS) is 10.4. The van der Waals surface area contributed by atoms with Crippen LogP contribution in [0.3, 0.4) is 0 Å². The van der Waals surface area contributed by atoms with Gasteiger partial charge < -0.3 is 14.6 Å². The van der Waals surface area contributed by atoms with E-state index >= 15 is 0 Å². The highest BCUT2D eigenvalue weighted by molar-refractivity contribution is 7.71. The van der Waals surface area contributed by atoms with Gasteiger partial charge in [-0.3, -0.25) is 0 Å². The molecule has 0 saturated carbocycles. The molecule has 0 fully saturated rings. The van der Waals surface area contributed by atoms with Gasteiger partial charge in [0.1, 0.15) is 4.64 Å². The van der Waals surface area contributed by atoms with Crippen LogP contribution in [0.1, 0.15) is 0 Å². The van der Waals surface area contributed by atoms with Crippen LogP contribution < -0.4 is 9.64 Å². The number of aromatic amines is 1. The Morgan fingerprint density at radius 1 is 1.38 bits per heavy atom. The van der Waals surface area contributed by atoms with E-state index in [2.05, 4.69) is 19.9 Å². The van der Waals surface area contributed by atoms with Crippen molar-refractivity contribution in [2.45, 2.75) is 0 Å². The second-order valence-corrected chi connectivity index (χ2v) is 3.81. The average molecular weight is 237 g/mol. The molecule has 0 aliphatic heterocycles. The Bertz CT molecular complexity index is 580. The monoisotopic (exact) mass is 237 g/mol. The number of aromatic nitrogens is 4. The highest BCUT2D eigenvalue weighted by Gasteiger charge is 2.10. The summed E-state index contributed by atoms with van der Waals surface area (Å²) in [6.07, 6.45) is 1.54. The van der Waals surface area contributed by atoms with Crippen molar-refractivity contribution < 1.29 is 4.74 Å². The first-order valence-electron chi connectivity index (χ1n) is 4.60. The summed E-state index contributed by atoms with van der Waals surface area (Å²) < 4.78 is 5.69. The molecule has 0 amide bonds. The van der Waals surface area contributed by atoms with Crippen LogP contribution in [0.25, 0.3) is 11.2 Å². The third kappa shape index (κ3) is 1.81. The van der Waals surface area contributed by atoms with Gasteiger partial charge in [-0.1, -0.05) is 12.2 Å². The number of ether oxygens (including phenoxy) is 1. The molecule has 0 aromatic carbocycles. The number of H-pyrrole nitrogens is 1. The minimum atomic E-state index is 0.431. The van der Waals surface area contributed by atoms with Crippen molar-refractivity contribution in [2.24, 2.45) is 0 Å². The van der Waals surface area contributed by atoms with E-state index in [1.54, 1.807) is 18.2 Å². The lowest BCUT2D eigenvalue weighted by Gasteiger charge is -2.11. The minimum Gasteiger partial charge on any atom is -0.479 e. The van der Waals surface area contributed by atoms with Crippen LogP contribution in [0.5, 0.6) is 5.88 Å². The van der Waals surface area contributed by atoms with Crippen molar-refractivity contribution in [3.63, 3.8) is 0 Å². The van der Waals surface area contributed by atoms with Gasteiger partial charge in [-0.25, -0.2) is 4.98 Å². The van der Waals surface area contributed by atoms with E-state index in [0.717, 1.165) is 0 Å². The lowest BCUT2D eigenvalue weighted by molar-refractivity contribution is 0.401. The van der Waals surface area contributed by atoms with Crippen molar-refractivity contribution in [1.29, 1.82) is 0 Å². The summed E-state index contributed by atoms with van der Waals surface area (Å²) in [7, 11) is 5.25. The van der Waals surface area contributed by atoms with Gasteiger partial charge in [-0.15, -0.1) is 0 Å². The summed E-state index contributed by atoms with van der Waals surface area (Å²) in [4.78, 5) is 17.4. The number of nitrogens with zero attached hydrogens (tertiary/aromatic N) is 4. The smallest absolute Gasteiger partial charge is 0.246 e. The summed E-state index contributed by atoms with van der Waals surface area (Å²) in [5.41, 5.74) is 1.14. The standard InChI is InChI=1S/C9H11N5OS/c1-14(2)9-12-7-6(8(13-9)15-3)10-4-5(16)11-7/h4H,1-3H3,(H,11,12,13,16). The first-order chi connectivity index (χ1) is 7.61. The summed E-state index contributed by atoms with van der Waals surface area (Å²) in [5.74, 6) is 0.975. The molecule has 84 valence electrons. The van der Waals surface area contributed by atoms with Gasteiger partial charge in [0, 0.05) is 14.1 Å². The zero-order valence-corrected chi connectivity index (χ0v) is 10.00. The fourth-order valence-corrected chi connectivity index (χ4v) is 1.39. The Morgan fingerprint density at radius 3 is 2.75 bits per heavy atom. The van der Waals surface area contributed by atoms with Crippen molar-refractivity contribution in [3.05, 3.63) is 10.8 Å². The minimum absolute atomic E-state index is 0.431. The molecule has 2 rings (SSSR count). The molecule has 0 saturated heterocycles. The molecule has 0 radical (unpaired) electrons. The first-order valence-corrected chi connectivity index (χ1v) is 5.01. The van der Waals surface area contributed by atoms with Crippen molar-refractivity contribution in [2.75, 3.05) is 26.1 Å². The molecule has 2 heterocycles. The Kier molecular flexibility index (Phi) is 2.69. The van der Waals surface area contributed by atoms with E-state index in [9.17, 15) is 0 Å². The lowest BCUT2D eigenvalue weighted by Crippen LogP contribution is -2.13. The van der Waals surface area contributed by atoms with Crippen LogP contribution in [-0.2, 0) is 0 Å². The molecule has 0 bridgehead atoms. The Morgan fingerprint density at radius 2 is 2.12 bits per heavy atom. The zero-order valence-electron chi connectivity index (χ0n) is 9.18. The van der Waals surface area contributed by atoms with Crippen LogP contribution in [-0.4, -0.2) is 41.1 Å². The van der Waals surface area contributed by atoms with Gasteiger partial charge in [0.25, 0.3) is 0 Å². The summed E-state index contributed by atoms with van der Waals surface area (Å²) in [6, 6.07) is 0. The second kappa shape index (κ2) is 4.01. The number of fused-ring (bicyclic) bond motifs is 1. The molecule has 6 nitrogen and oxygen atoms in total. The number of hydrogen-bond acceptors (Lipinski definition) is 6. The van der Waals surface area contributed by atoms with Gasteiger partial charge >= 0.3 is 0 Å². The Hall–Kier alpha value is -1.76. The topological polar surface area (TPSA) is 66.9 Å². The predicted molar refractivity (Wildman–Crippen MR) is 63.4 cm³/mol. The maximum atomic E-state index is 5.16. The highest BCUT2D eigenvalue weighted by Crippen LogP contribution is 2.20. The summed E-state index contributed by atoms with van der Waals surface area (Å²) in [6.45, 7) is 0. The van der Waals surface area contributed by atoms with Gasteiger partial charge in [-0.2, -0.15) is 9.97 Å². The van der Waals surface area contributed by atoms with Gasteiger partial charge in [0.15, 0.2) is 11.2 Å². The van der Waals surface area contributed by atoms with E-state index < -0.39 is 0 Å². The highest BCUT2D eigenvalue weighted by atomic mass is 32.1. The number of hydrogen-bond donors (Lipinski definition) is 1. The largest absolute Gasteiger partial charge is 0.479 e. The van der Waals surface area contributed by atoms with Crippen LogP contribution in [0.15, 0.2) is 6.20 Å². The first kappa shape index (κ1) is 10.7.